The van der Waals surface area contributed by atoms with Gasteiger partial charge in [-0.25, -0.2) is 0 Å². The van der Waals surface area contributed by atoms with Crippen molar-refractivity contribution >= 4 is 27.8 Å². The maximum absolute atomic E-state index is 2.42. The van der Waals surface area contributed by atoms with E-state index in [1.807, 2.05) is 0 Å². The van der Waals surface area contributed by atoms with Crippen LogP contribution in [0.3, 0.4) is 0 Å². The van der Waals surface area contributed by atoms with E-state index < -0.39 is 0 Å². The lowest BCUT2D eigenvalue weighted by Crippen LogP contribution is -2.14. The molecule has 0 aliphatic heterocycles. The number of nitrogens with zero attached hydrogens (tertiary/aromatic N) is 1. The van der Waals surface area contributed by atoms with E-state index in [1.165, 1.54) is 77.5 Å². The average Bonchev–Trinajstić information content (AvgIpc) is 3.50. The van der Waals surface area contributed by atoms with Crippen molar-refractivity contribution in [3.8, 4) is 55.6 Å². The number of hydrogen-bond acceptors (Lipinski definition) is 1. The summed E-state index contributed by atoms with van der Waals surface area (Å²) in [4.78, 5) is 2.42. The van der Waals surface area contributed by atoms with Crippen molar-refractivity contribution < 1.29 is 0 Å². The maximum Gasteiger partial charge on any atom is 0.0540 e. The van der Waals surface area contributed by atoms with E-state index in [0.29, 0.717) is 0 Å². The first-order chi connectivity index (χ1) is 27.5. The van der Waals surface area contributed by atoms with E-state index in [1.54, 1.807) is 0 Å². The van der Waals surface area contributed by atoms with Crippen molar-refractivity contribution in [2.45, 2.75) is 19.3 Å². The number of benzene rings is 9. The minimum absolute atomic E-state index is 0.0791. The van der Waals surface area contributed by atoms with Crippen molar-refractivity contribution in [3.63, 3.8) is 0 Å². The molecule has 0 unspecified atom stereocenters. The fourth-order valence-corrected chi connectivity index (χ4v) is 8.76. The lowest BCUT2D eigenvalue weighted by molar-refractivity contribution is 0.660. The highest BCUT2D eigenvalue weighted by Gasteiger charge is 2.37. The van der Waals surface area contributed by atoms with Gasteiger partial charge in [0.2, 0.25) is 0 Å². The Morgan fingerprint density at radius 1 is 0.321 bits per heavy atom. The molecule has 0 amide bonds. The van der Waals surface area contributed by atoms with Gasteiger partial charge in [-0.05, 0) is 108 Å². The third-order valence-electron chi connectivity index (χ3n) is 11.7. The van der Waals surface area contributed by atoms with Gasteiger partial charge in [-0.3, -0.25) is 0 Å². The van der Waals surface area contributed by atoms with Crippen LogP contribution in [0, 0.1) is 0 Å². The monoisotopic (exact) mass is 715 g/mol. The number of fused-ring (bicyclic) bond motifs is 4. The Bertz CT molecular complexity index is 2850. The van der Waals surface area contributed by atoms with Crippen molar-refractivity contribution in [2.24, 2.45) is 0 Å². The molecule has 1 aliphatic rings. The Morgan fingerprint density at radius 3 is 1.46 bits per heavy atom. The SMILES string of the molecule is CC1(C)c2ccccc2-c2c(-c3ccccc3N(c3ccc(-c4ccc(-c5ccccc5)cc4)cc3)c3ccc(-c4ccc5ccccc5c4)cc3)cccc21. The second-order valence-corrected chi connectivity index (χ2v) is 15.4. The molecule has 0 aromatic heterocycles. The number of para-hydroxylation sites is 1. The fourth-order valence-electron chi connectivity index (χ4n) is 8.76. The van der Waals surface area contributed by atoms with E-state index in [4.69, 9.17) is 0 Å². The molecule has 9 aromatic rings. The van der Waals surface area contributed by atoms with E-state index >= 15 is 0 Å². The summed E-state index contributed by atoms with van der Waals surface area (Å²) < 4.78 is 0. The second kappa shape index (κ2) is 13.7. The van der Waals surface area contributed by atoms with Gasteiger partial charge in [-0.1, -0.05) is 190 Å². The van der Waals surface area contributed by atoms with Gasteiger partial charge in [0.05, 0.1) is 5.69 Å². The predicted molar refractivity (Wildman–Crippen MR) is 238 cm³/mol. The first kappa shape index (κ1) is 33.6. The van der Waals surface area contributed by atoms with Crippen LogP contribution in [0.4, 0.5) is 17.1 Å². The number of anilines is 3. The van der Waals surface area contributed by atoms with E-state index in [9.17, 15) is 0 Å². The first-order valence-corrected chi connectivity index (χ1v) is 19.5. The minimum atomic E-state index is -0.0791. The number of rotatable bonds is 7. The molecule has 1 aliphatic carbocycles. The summed E-state index contributed by atoms with van der Waals surface area (Å²) >= 11 is 0. The summed E-state index contributed by atoms with van der Waals surface area (Å²) in [6, 6.07) is 77.6. The fraction of sp³-hybridized carbons (Fsp3) is 0.0545. The summed E-state index contributed by atoms with van der Waals surface area (Å²) in [5.74, 6) is 0. The van der Waals surface area contributed by atoms with Crippen LogP contribution in [-0.4, -0.2) is 0 Å². The molecule has 1 nitrogen and oxygen atoms in total. The molecule has 56 heavy (non-hydrogen) atoms. The zero-order chi connectivity index (χ0) is 37.6. The van der Waals surface area contributed by atoms with Crippen LogP contribution in [-0.2, 0) is 5.41 Å². The summed E-state index contributed by atoms with van der Waals surface area (Å²) in [5.41, 5.74) is 18.4. The molecule has 0 N–H and O–H groups in total. The zero-order valence-electron chi connectivity index (χ0n) is 31.7. The highest BCUT2D eigenvalue weighted by atomic mass is 15.1. The summed E-state index contributed by atoms with van der Waals surface area (Å²) in [6.07, 6.45) is 0. The maximum atomic E-state index is 2.42. The van der Waals surface area contributed by atoms with Crippen LogP contribution in [0.5, 0.6) is 0 Å². The molecular formula is C55H41N. The highest BCUT2D eigenvalue weighted by molar-refractivity contribution is 5.98. The van der Waals surface area contributed by atoms with Crippen LogP contribution >= 0.6 is 0 Å². The van der Waals surface area contributed by atoms with Gasteiger partial charge in [0.1, 0.15) is 0 Å². The molecular weight excluding hydrogens is 675 g/mol. The van der Waals surface area contributed by atoms with Crippen molar-refractivity contribution in [1.29, 1.82) is 0 Å². The molecule has 0 heterocycles. The van der Waals surface area contributed by atoms with Crippen molar-refractivity contribution in [2.75, 3.05) is 4.90 Å². The predicted octanol–water partition coefficient (Wildman–Crippen LogP) is 15.3. The topological polar surface area (TPSA) is 3.24 Å². The Labute approximate surface area is 329 Å². The minimum Gasteiger partial charge on any atom is -0.310 e. The largest absolute Gasteiger partial charge is 0.310 e. The van der Waals surface area contributed by atoms with E-state index in [2.05, 4.69) is 231 Å². The first-order valence-electron chi connectivity index (χ1n) is 19.5. The summed E-state index contributed by atoms with van der Waals surface area (Å²) in [6.45, 7) is 4.71. The molecule has 0 saturated heterocycles. The van der Waals surface area contributed by atoms with Crippen LogP contribution in [0.15, 0.2) is 212 Å². The van der Waals surface area contributed by atoms with Crippen LogP contribution in [0.25, 0.3) is 66.4 Å². The zero-order valence-corrected chi connectivity index (χ0v) is 31.7. The van der Waals surface area contributed by atoms with Crippen LogP contribution < -0.4 is 4.90 Å². The lowest BCUT2D eigenvalue weighted by Gasteiger charge is -2.29. The van der Waals surface area contributed by atoms with Crippen molar-refractivity contribution in [1.82, 2.24) is 0 Å². The molecule has 0 spiro atoms. The smallest absolute Gasteiger partial charge is 0.0540 e. The Balaban J connectivity index is 1.09. The number of hydrogen-bond donors (Lipinski definition) is 0. The Hall–Kier alpha value is -6.96. The third kappa shape index (κ3) is 5.81. The average molecular weight is 716 g/mol. The third-order valence-corrected chi connectivity index (χ3v) is 11.7. The van der Waals surface area contributed by atoms with Crippen LogP contribution in [0.1, 0.15) is 25.0 Å². The molecule has 10 rings (SSSR count). The molecule has 0 atom stereocenters. The summed E-state index contributed by atoms with van der Waals surface area (Å²) in [5, 5.41) is 2.50. The normalized spacial score (nSPS) is 12.6. The van der Waals surface area contributed by atoms with Gasteiger partial charge in [0.15, 0.2) is 0 Å². The molecule has 9 aromatic carbocycles. The molecule has 0 radical (unpaired) electrons. The van der Waals surface area contributed by atoms with Gasteiger partial charge in [0.25, 0.3) is 0 Å². The second-order valence-electron chi connectivity index (χ2n) is 15.4. The molecule has 1 heteroatoms. The van der Waals surface area contributed by atoms with E-state index in [0.717, 1.165) is 17.1 Å². The Morgan fingerprint density at radius 2 is 0.786 bits per heavy atom. The quantitative estimate of drug-likeness (QED) is 0.159. The molecule has 0 fully saturated rings. The highest BCUT2D eigenvalue weighted by Crippen LogP contribution is 2.53. The molecule has 0 saturated carbocycles. The lowest BCUT2D eigenvalue weighted by atomic mass is 9.82. The Kier molecular flexibility index (Phi) is 8.23. The van der Waals surface area contributed by atoms with E-state index in [-0.39, 0.29) is 5.41 Å². The van der Waals surface area contributed by atoms with Gasteiger partial charge < -0.3 is 4.90 Å². The van der Waals surface area contributed by atoms with Crippen molar-refractivity contribution in [3.05, 3.63) is 223 Å². The molecule has 266 valence electrons. The standard InChI is InChI=1S/C55H41N/c1-55(2)51-20-10-8-18-50(51)54-49(19-12-21-52(54)55)48-17-9-11-22-53(48)56(47-35-31-43(32-36-47)45-28-27-39-15-6-7-16-44(39)37-45)46-33-29-42(30-34-46)41-25-23-40(24-26-41)38-13-4-3-5-14-38/h3-37H,1-2H3. The molecule has 0 bridgehead atoms. The summed E-state index contributed by atoms with van der Waals surface area (Å²) in [7, 11) is 0. The van der Waals surface area contributed by atoms with Gasteiger partial charge >= 0.3 is 0 Å². The van der Waals surface area contributed by atoms with Crippen LogP contribution in [0.2, 0.25) is 0 Å². The van der Waals surface area contributed by atoms with Gasteiger partial charge in [-0.15, -0.1) is 0 Å². The van der Waals surface area contributed by atoms with Gasteiger partial charge in [0, 0.05) is 22.4 Å². The van der Waals surface area contributed by atoms with Gasteiger partial charge in [-0.2, -0.15) is 0 Å².